The van der Waals surface area contributed by atoms with Crippen molar-refractivity contribution in [3.05, 3.63) is 76.7 Å². The molecular weight excluding hydrogens is 408 g/mol. The third-order valence-electron chi connectivity index (χ3n) is 7.75. The molecule has 6 rings (SSSR count). The molecule has 3 aliphatic heterocycles. The molecule has 0 aliphatic carbocycles. The van der Waals surface area contributed by atoms with Crippen LogP contribution in [0.1, 0.15) is 44.5 Å². The fourth-order valence-corrected chi connectivity index (χ4v) is 5.17. The van der Waals surface area contributed by atoms with E-state index in [0.29, 0.717) is 20.0 Å². The van der Waals surface area contributed by atoms with E-state index >= 15 is 0 Å². The highest BCUT2D eigenvalue weighted by Crippen LogP contribution is 2.18. The van der Waals surface area contributed by atoms with Crippen LogP contribution in [0.2, 0.25) is 0 Å². The number of benzene rings is 3. The van der Waals surface area contributed by atoms with E-state index in [9.17, 15) is 0 Å². The van der Waals surface area contributed by atoms with Crippen LogP contribution in [0, 0.1) is 55.4 Å². The van der Waals surface area contributed by atoms with Gasteiger partial charge in [-0.3, -0.25) is 30.0 Å². The zero-order valence-corrected chi connectivity index (χ0v) is 20.8. The van der Waals surface area contributed by atoms with Crippen LogP contribution in [0.3, 0.4) is 0 Å². The predicted molar refractivity (Wildman–Crippen MR) is 130 cm³/mol. The van der Waals surface area contributed by atoms with Gasteiger partial charge in [0.05, 0.1) is 32.1 Å². The van der Waals surface area contributed by atoms with E-state index in [1.165, 1.54) is 55.3 Å². The van der Waals surface area contributed by atoms with Crippen molar-refractivity contribution in [3.8, 4) is 0 Å². The standard InChI is InChI=1S/C16H16N4.C11H14N2/c1-7-9(3)13-16(20-5-17-13)12-8(2)10(4)14-15(11(7)12)19-6-18-14;1-6-7(2)9(4)11-10(8(6)3)12-5-13-11/h5-6H2,1-4H3;5H2,1-4H3. The molecule has 3 aromatic carbocycles. The van der Waals surface area contributed by atoms with E-state index in [-0.39, 0.29) is 0 Å². The van der Waals surface area contributed by atoms with Gasteiger partial charge in [-0.25, -0.2) is 0 Å². The van der Waals surface area contributed by atoms with Crippen LogP contribution in [-0.2, 0) is 0 Å². The Morgan fingerprint density at radius 3 is 0.879 bits per heavy atom. The Hall–Kier alpha value is -3.28. The summed E-state index contributed by atoms with van der Waals surface area (Å²) in [7, 11) is 0. The van der Waals surface area contributed by atoms with Crippen molar-refractivity contribution in [2.75, 3.05) is 20.0 Å². The molecule has 0 spiro atoms. The van der Waals surface area contributed by atoms with Crippen molar-refractivity contribution in [3.63, 3.8) is 0 Å². The van der Waals surface area contributed by atoms with Crippen LogP contribution in [0.25, 0.3) is 10.8 Å². The zero-order valence-electron chi connectivity index (χ0n) is 20.8. The van der Waals surface area contributed by atoms with Gasteiger partial charge in [0, 0.05) is 10.8 Å². The van der Waals surface area contributed by atoms with Gasteiger partial charge >= 0.3 is 0 Å². The van der Waals surface area contributed by atoms with Crippen LogP contribution in [0.5, 0.6) is 0 Å². The molecule has 0 saturated heterocycles. The quantitative estimate of drug-likeness (QED) is 0.512. The fraction of sp³-hybridized carbons (Fsp3) is 0.407. The molecule has 0 aromatic heterocycles. The van der Waals surface area contributed by atoms with Gasteiger partial charge in [0.2, 0.25) is 0 Å². The normalized spacial score (nSPS) is 14.5. The maximum atomic E-state index is 4.62. The van der Waals surface area contributed by atoms with Crippen LogP contribution in [0.15, 0.2) is 30.0 Å². The second-order valence-corrected chi connectivity index (χ2v) is 9.21. The molecule has 0 atom stereocenters. The number of hydrogen-bond donors (Lipinski definition) is 0. The van der Waals surface area contributed by atoms with Gasteiger partial charge in [-0.1, -0.05) is 0 Å². The molecule has 0 bridgehead atoms. The largest absolute Gasteiger partial charge is 0.259 e. The maximum Gasteiger partial charge on any atom is 0.130 e. The Labute approximate surface area is 193 Å². The Kier molecular flexibility index (Phi) is 5.00. The van der Waals surface area contributed by atoms with E-state index in [1.807, 2.05) is 0 Å². The zero-order chi connectivity index (χ0) is 23.6. The molecule has 0 unspecified atom stereocenters. The molecule has 33 heavy (non-hydrogen) atoms. The lowest BCUT2D eigenvalue weighted by atomic mass is 9.93. The highest BCUT2D eigenvalue weighted by Gasteiger charge is 2.18. The van der Waals surface area contributed by atoms with Gasteiger partial charge in [0.25, 0.3) is 0 Å². The molecule has 0 radical (unpaired) electrons. The molecule has 0 N–H and O–H groups in total. The minimum Gasteiger partial charge on any atom is -0.259 e. The summed E-state index contributed by atoms with van der Waals surface area (Å²) in [6.07, 6.45) is 0. The van der Waals surface area contributed by atoms with E-state index in [2.05, 4.69) is 85.3 Å². The van der Waals surface area contributed by atoms with Crippen LogP contribution in [0.4, 0.5) is 0 Å². The highest BCUT2D eigenvalue weighted by atomic mass is 15.0. The van der Waals surface area contributed by atoms with E-state index in [1.54, 1.807) is 0 Å². The monoisotopic (exact) mass is 438 g/mol. The van der Waals surface area contributed by atoms with Crippen LogP contribution in [-0.4, -0.2) is 20.0 Å². The molecule has 6 heteroatoms. The summed E-state index contributed by atoms with van der Waals surface area (Å²) in [6, 6.07) is 0. The summed E-state index contributed by atoms with van der Waals surface area (Å²) in [6.45, 7) is 18.9. The number of nitrogens with zero attached hydrogens (tertiary/aromatic N) is 6. The first-order valence-corrected chi connectivity index (χ1v) is 11.5. The number of rotatable bonds is 0. The van der Waals surface area contributed by atoms with Crippen molar-refractivity contribution in [1.82, 2.24) is 0 Å². The fourth-order valence-electron chi connectivity index (χ4n) is 5.17. The molecule has 168 valence electrons. The van der Waals surface area contributed by atoms with E-state index < -0.39 is 0 Å². The Morgan fingerprint density at radius 2 is 0.545 bits per heavy atom. The van der Waals surface area contributed by atoms with Gasteiger partial charge in [-0.2, -0.15) is 0 Å². The molecule has 0 fully saturated rings. The highest BCUT2D eigenvalue weighted by molar-refractivity contribution is 5.89. The summed E-state index contributed by atoms with van der Waals surface area (Å²) in [5.41, 5.74) is 10.3. The lowest BCUT2D eigenvalue weighted by Gasteiger charge is -2.11. The molecule has 3 aromatic rings. The summed E-state index contributed by atoms with van der Waals surface area (Å²) in [4.78, 5) is 27.1. The number of fused-ring (bicyclic) bond motifs is 6. The van der Waals surface area contributed by atoms with Crippen molar-refractivity contribution < 1.29 is 0 Å². The molecule has 0 amide bonds. The number of hydrogen-bond acceptors (Lipinski definition) is 6. The first kappa shape index (κ1) is 21.6. The van der Waals surface area contributed by atoms with Crippen molar-refractivity contribution >= 4 is 10.8 Å². The minimum atomic E-state index is 0.547. The minimum absolute atomic E-state index is 0.547. The van der Waals surface area contributed by atoms with Gasteiger partial charge < -0.3 is 0 Å². The molecular formula is C27H30N6. The lowest BCUT2D eigenvalue weighted by Crippen LogP contribution is -2.35. The second kappa shape index (κ2) is 7.65. The maximum absolute atomic E-state index is 4.62. The van der Waals surface area contributed by atoms with Crippen molar-refractivity contribution in [2.45, 2.75) is 55.4 Å². The lowest BCUT2D eigenvalue weighted by molar-refractivity contribution is 1.05. The van der Waals surface area contributed by atoms with Crippen LogP contribution >= 0.6 is 0 Å². The first-order chi connectivity index (χ1) is 15.7. The summed E-state index contributed by atoms with van der Waals surface area (Å²) >= 11 is 0. The van der Waals surface area contributed by atoms with Gasteiger partial charge in [0.1, 0.15) is 20.0 Å². The topological polar surface area (TPSA) is 74.2 Å². The number of aryl methyl sites for hydroxylation is 2. The second-order valence-electron chi connectivity index (χ2n) is 9.21. The summed E-state index contributed by atoms with van der Waals surface area (Å²) in [5, 5.41) is 8.89. The Bertz CT molecular complexity index is 1630. The van der Waals surface area contributed by atoms with Gasteiger partial charge in [-0.05, 0) is 99.9 Å². The van der Waals surface area contributed by atoms with Gasteiger partial charge in [0.15, 0.2) is 0 Å². The van der Waals surface area contributed by atoms with Crippen molar-refractivity contribution in [1.29, 1.82) is 0 Å². The molecule has 0 saturated carbocycles. The average molecular weight is 439 g/mol. The third kappa shape index (κ3) is 3.00. The smallest absolute Gasteiger partial charge is 0.130 e. The molecule has 3 heterocycles. The Morgan fingerprint density at radius 1 is 0.303 bits per heavy atom. The summed E-state index contributed by atoms with van der Waals surface area (Å²) in [5.74, 6) is 0. The predicted octanol–water partition coefficient (Wildman–Crippen LogP) is 1.62. The van der Waals surface area contributed by atoms with E-state index in [4.69, 9.17) is 0 Å². The third-order valence-corrected chi connectivity index (χ3v) is 7.75. The Balaban J connectivity index is 0.000000152. The summed E-state index contributed by atoms with van der Waals surface area (Å²) < 4.78 is 0. The first-order valence-electron chi connectivity index (χ1n) is 11.5. The van der Waals surface area contributed by atoms with Gasteiger partial charge in [-0.15, -0.1) is 0 Å². The van der Waals surface area contributed by atoms with Crippen LogP contribution < -0.4 is 32.1 Å². The average Bonchev–Trinajstić information content (AvgIpc) is 3.57. The molecule has 3 aliphatic rings. The van der Waals surface area contributed by atoms with Crippen molar-refractivity contribution in [2.24, 2.45) is 30.0 Å². The molecule has 6 nitrogen and oxygen atoms in total. The SMILES string of the molecule is Cc1c(C)c(C)c2c(c1C)=NCN=2.Cc1c(C)c2c3c(c(C)c(C)c2c2c1=NCN=2)=NCN=3. The van der Waals surface area contributed by atoms with E-state index in [0.717, 1.165) is 32.1 Å².